The predicted molar refractivity (Wildman–Crippen MR) is 141 cm³/mol. The number of hydrazone groups is 1. The van der Waals surface area contributed by atoms with E-state index in [9.17, 15) is 18.4 Å². The second-order valence-electron chi connectivity index (χ2n) is 8.47. The maximum Gasteiger partial charge on any atom is 0.253 e. The lowest BCUT2D eigenvalue weighted by molar-refractivity contribution is -0.130. The van der Waals surface area contributed by atoms with Gasteiger partial charge in [0, 0.05) is 19.0 Å². The van der Waals surface area contributed by atoms with E-state index in [2.05, 4.69) is 20.6 Å². The van der Waals surface area contributed by atoms with Crippen molar-refractivity contribution in [2.75, 3.05) is 5.75 Å². The summed E-state index contributed by atoms with van der Waals surface area (Å²) >= 11 is 2.75. The monoisotopic (exact) mass is 552 g/mol. The maximum atomic E-state index is 13.5. The molecule has 1 aliphatic rings. The molecule has 0 fully saturated rings. The van der Waals surface area contributed by atoms with Crippen LogP contribution in [0.5, 0.6) is 0 Å². The van der Waals surface area contributed by atoms with Gasteiger partial charge in [0.15, 0.2) is 11.0 Å². The lowest BCUT2D eigenvalue weighted by Gasteiger charge is -2.21. The molecule has 0 aliphatic carbocycles. The van der Waals surface area contributed by atoms with Crippen molar-refractivity contribution in [2.24, 2.45) is 12.1 Å². The van der Waals surface area contributed by atoms with Crippen LogP contribution in [0, 0.1) is 11.6 Å². The van der Waals surface area contributed by atoms with Crippen LogP contribution in [-0.4, -0.2) is 43.1 Å². The van der Waals surface area contributed by atoms with Gasteiger partial charge in [0.25, 0.3) is 11.8 Å². The Bertz CT molecular complexity index is 1490. The Morgan fingerprint density at radius 2 is 1.89 bits per heavy atom. The van der Waals surface area contributed by atoms with Crippen LogP contribution in [0.25, 0.3) is 0 Å². The highest BCUT2D eigenvalue weighted by molar-refractivity contribution is 7.99. The summed E-state index contributed by atoms with van der Waals surface area (Å²) in [6, 6.07) is 15.1. The molecule has 0 spiro atoms. The quantitative estimate of drug-likeness (QED) is 0.324. The van der Waals surface area contributed by atoms with Gasteiger partial charge in [-0.2, -0.15) is 5.10 Å². The molecule has 8 nitrogen and oxygen atoms in total. The number of thiophene rings is 1. The van der Waals surface area contributed by atoms with E-state index >= 15 is 0 Å². The Balaban J connectivity index is 1.25. The summed E-state index contributed by atoms with van der Waals surface area (Å²) in [6.07, 6.45) is 0.529. The first-order valence-electron chi connectivity index (χ1n) is 11.6. The Morgan fingerprint density at radius 1 is 1.08 bits per heavy atom. The van der Waals surface area contributed by atoms with Crippen molar-refractivity contribution in [3.63, 3.8) is 0 Å². The topological polar surface area (TPSA) is 92.5 Å². The summed E-state index contributed by atoms with van der Waals surface area (Å²) in [4.78, 5) is 26.6. The van der Waals surface area contributed by atoms with Gasteiger partial charge in [-0.3, -0.25) is 9.59 Å². The zero-order valence-corrected chi connectivity index (χ0v) is 21.8. The fraction of sp³-hybridized carbons (Fsp3) is 0.192. The fourth-order valence-electron chi connectivity index (χ4n) is 3.98. The zero-order valence-electron chi connectivity index (χ0n) is 20.2. The molecule has 0 saturated heterocycles. The number of aromatic nitrogens is 3. The van der Waals surface area contributed by atoms with Gasteiger partial charge < -0.3 is 9.88 Å². The predicted octanol–water partition coefficient (Wildman–Crippen LogP) is 4.55. The number of carbonyl (C=O) groups excluding carboxylic acids is 2. The highest BCUT2D eigenvalue weighted by atomic mass is 32.2. The summed E-state index contributed by atoms with van der Waals surface area (Å²) in [5.41, 5.74) is 1.81. The fourth-order valence-corrected chi connectivity index (χ4v) is 5.49. The number of benzene rings is 2. The van der Waals surface area contributed by atoms with Crippen molar-refractivity contribution in [1.82, 2.24) is 25.1 Å². The molecule has 2 aromatic carbocycles. The molecule has 0 radical (unpaired) electrons. The molecule has 4 aromatic rings. The Labute approximate surface area is 225 Å². The summed E-state index contributed by atoms with van der Waals surface area (Å²) in [5, 5.41) is 19.5. The number of carbonyl (C=O) groups is 2. The third kappa shape index (κ3) is 5.65. The molecule has 1 N–H and O–H groups in total. The molecule has 2 amide bonds. The van der Waals surface area contributed by atoms with Crippen LogP contribution >= 0.6 is 23.1 Å². The van der Waals surface area contributed by atoms with Crippen molar-refractivity contribution in [2.45, 2.75) is 24.2 Å². The van der Waals surface area contributed by atoms with Gasteiger partial charge in [-0.1, -0.05) is 36.0 Å². The molecule has 38 heavy (non-hydrogen) atoms. The summed E-state index contributed by atoms with van der Waals surface area (Å²) < 4.78 is 28.6. The molecular weight excluding hydrogens is 530 g/mol. The first-order chi connectivity index (χ1) is 18.4. The summed E-state index contributed by atoms with van der Waals surface area (Å²) in [7, 11) is 1.74. The highest BCUT2D eigenvalue weighted by Crippen LogP contribution is 2.34. The molecule has 5 rings (SSSR count). The highest BCUT2D eigenvalue weighted by Gasteiger charge is 2.33. The van der Waals surface area contributed by atoms with Crippen molar-refractivity contribution in [3.05, 3.63) is 99.5 Å². The van der Waals surface area contributed by atoms with E-state index in [1.807, 2.05) is 17.5 Å². The number of halogens is 2. The van der Waals surface area contributed by atoms with E-state index in [0.29, 0.717) is 17.4 Å². The van der Waals surface area contributed by atoms with Gasteiger partial charge in [-0.25, -0.2) is 13.8 Å². The number of nitrogens with one attached hydrogen (secondary N) is 1. The Hall–Kier alpha value is -3.90. The van der Waals surface area contributed by atoms with Crippen molar-refractivity contribution in [3.8, 4) is 0 Å². The molecule has 12 heteroatoms. The van der Waals surface area contributed by atoms with Crippen LogP contribution in [0.2, 0.25) is 0 Å². The number of nitrogens with zero attached hydrogens (tertiary/aromatic N) is 5. The van der Waals surface area contributed by atoms with Gasteiger partial charge in [0.1, 0.15) is 11.6 Å². The average molecular weight is 553 g/mol. The maximum absolute atomic E-state index is 13.5. The van der Waals surface area contributed by atoms with Gasteiger partial charge >= 0.3 is 0 Å². The first-order valence-corrected chi connectivity index (χ1v) is 13.5. The van der Waals surface area contributed by atoms with Crippen LogP contribution in [0.1, 0.15) is 39.1 Å². The molecule has 1 atom stereocenters. The minimum atomic E-state index is -0.494. The van der Waals surface area contributed by atoms with E-state index in [1.54, 1.807) is 35.1 Å². The van der Waals surface area contributed by atoms with E-state index < -0.39 is 11.7 Å². The van der Waals surface area contributed by atoms with Gasteiger partial charge in [0.2, 0.25) is 0 Å². The summed E-state index contributed by atoms with van der Waals surface area (Å²) in [6.45, 7) is 0.0839. The Morgan fingerprint density at radius 3 is 2.63 bits per heavy atom. The third-order valence-corrected chi connectivity index (χ3v) is 7.89. The van der Waals surface area contributed by atoms with Crippen molar-refractivity contribution < 1.29 is 18.4 Å². The van der Waals surface area contributed by atoms with Crippen LogP contribution in [0.4, 0.5) is 8.78 Å². The van der Waals surface area contributed by atoms with E-state index in [4.69, 9.17) is 0 Å². The van der Waals surface area contributed by atoms with Crippen LogP contribution in [0.3, 0.4) is 0 Å². The lowest BCUT2D eigenvalue weighted by atomic mass is 10.0. The Kier molecular flexibility index (Phi) is 7.61. The zero-order chi connectivity index (χ0) is 26.6. The number of hydrogen-bond acceptors (Lipinski definition) is 7. The molecule has 194 valence electrons. The van der Waals surface area contributed by atoms with Crippen LogP contribution in [0.15, 0.2) is 76.3 Å². The van der Waals surface area contributed by atoms with Crippen LogP contribution < -0.4 is 5.32 Å². The molecule has 2 aromatic heterocycles. The minimum absolute atomic E-state index is 0.0561. The molecule has 3 heterocycles. The third-order valence-electron chi connectivity index (χ3n) is 5.97. The van der Waals surface area contributed by atoms with Crippen molar-refractivity contribution >= 4 is 40.6 Å². The second kappa shape index (κ2) is 11.2. The molecular formula is C26H22F2N6O2S2. The normalized spacial score (nSPS) is 15.0. The second-order valence-corrected chi connectivity index (χ2v) is 10.4. The molecule has 1 aliphatic heterocycles. The number of rotatable bonds is 8. The van der Waals surface area contributed by atoms with E-state index in [0.717, 1.165) is 22.2 Å². The largest absolute Gasteiger partial charge is 0.345 e. The van der Waals surface area contributed by atoms with Crippen molar-refractivity contribution in [1.29, 1.82) is 0 Å². The first kappa shape index (κ1) is 25.7. The van der Waals surface area contributed by atoms with Gasteiger partial charge in [-0.15, -0.1) is 21.5 Å². The standard InChI is InChI=1S/C26H22F2N6O2S2/c1-33-23(14-29-25(36)17-4-2-5-19(28)12-17)30-31-26(33)38-15-24(35)34-21(16-7-9-18(27)10-8-16)13-20(32-34)22-6-3-11-37-22/h2-12,21H,13-15H2,1H3,(H,29,36)/t21-/m0/s1. The SMILES string of the molecule is Cn1c(CNC(=O)c2cccc(F)c2)nnc1SCC(=O)N1N=C(c2cccs2)C[C@H]1c1ccc(F)cc1. The van der Waals surface area contributed by atoms with E-state index in [-0.39, 0.29) is 35.6 Å². The molecule has 0 bridgehead atoms. The van der Waals surface area contributed by atoms with Crippen LogP contribution in [-0.2, 0) is 18.4 Å². The van der Waals surface area contributed by atoms with Gasteiger partial charge in [0.05, 0.1) is 28.9 Å². The smallest absolute Gasteiger partial charge is 0.253 e. The number of thioether (sulfide) groups is 1. The van der Waals surface area contributed by atoms with Gasteiger partial charge in [-0.05, 0) is 47.3 Å². The van der Waals surface area contributed by atoms with E-state index in [1.165, 1.54) is 47.1 Å². The summed E-state index contributed by atoms with van der Waals surface area (Å²) in [5.74, 6) is -0.957. The number of hydrogen-bond donors (Lipinski definition) is 1. The average Bonchev–Trinajstić information content (AvgIpc) is 3.67. The lowest BCUT2D eigenvalue weighted by Crippen LogP contribution is -2.28. The molecule has 0 unspecified atom stereocenters. The number of amides is 2. The minimum Gasteiger partial charge on any atom is -0.345 e. The molecule has 0 saturated carbocycles.